The molecule has 170 valence electrons. The molecule has 0 aromatic carbocycles. The van der Waals surface area contributed by atoms with E-state index in [9.17, 15) is 29.4 Å². The molecule has 0 fully saturated rings. The molecule has 0 rings (SSSR count). The zero-order valence-electron chi connectivity index (χ0n) is 18.9. The summed E-state index contributed by atoms with van der Waals surface area (Å²) >= 11 is 0. The Morgan fingerprint density at radius 2 is 0.897 bits per heavy atom. The molecule has 0 saturated carbocycles. The van der Waals surface area contributed by atoms with Crippen LogP contribution in [0.25, 0.3) is 0 Å². The van der Waals surface area contributed by atoms with Crippen LogP contribution in [0.1, 0.15) is 74.7 Å². The molecular formula is C21H38O8. The van der Waals surface area contributed by atoms with Gasteiger partial charge in [-0.3, -0.25) is 19.2 Å². The predicted molar refractivity (Wildman–Crippen MR) is 109 cm³/mol. The molecule has 8 nitrogen and oxygen atoms in total. The van der Waals surface area contributed by atoms with Crippen molar-refractivity contribution in [2.75, 3.05) is 0 Å². The maximum absolute atomic E-state index is 11.3. The number of aliphatic carboxylic acids is 4. The minimum Gasteiger partial charge on any atom is -0.481 e. The molecule has 29 heavy (non-hydrogen) atoms. The van der Waals surface area contributed by atoms with Crippen LogP contribution in [0.3, 0.4) is 0 Å². The average Bonchev–Trinajstić information content (AvgIpc) is 2.49. The van der Waals surface area contributed by atoms with Gasteiger partial charge in [-0.2, -0.15) is 0 Å². The van der Waals surface area contributed by atoms with E-state index in [0.717, 1.165) is 0 Å². The summed E-state index contributed by atoms with van der Waals surface area (Å²) in [5, 5.41) is 35.6. The van der Waals surface area contributed by atoms with Gasteiger partial charge in [0.1, 0.15) is 0 Å². The first kappa shape index (κ1) is 29.1. The van der Waals surface area contributed by atoms with Crippen molar-refractivity contribution in [1.82, 2.24) is 0 Å². The summed E-state index contributed by atoms with van der Waals surface area (Å²) in [7, 11) is 0. The maximum Gasteiger partial charge on any atom is 0.307 e. The van der Waals surface area contributed by atoms with Gasteiger partial charge in [-0.25, -0.2) is 0 Å². The molecule has 4 atom stereocenters. The lowest BCUT2D eigenvalue weighted by molar-refractivity contribution is -0.156. The van der Waals surface area contributed by atoms with Crippen LogP contribution in [-0.4, -0.2) is 44.3 Å². The van der Waals surface area contributed by atoms with Crippen molar-refractivity contribution in [3.05, 3.63) is 0 Å². The van der Waals surface area contributed by atoms with Crippen molar-refractivity contribution in [3.8, 4) is 0 Å². The third-order valence-corrected chi connectivity index (χ3v) is 4.53. The van der Waals surface area contributed by atoms with E-state index in [-0.39, 0.29) is 10.8 Å². The fourth-order valence-corrected chi connectivity index (χ4v) is 3.04. The topological polar surface area (TPSA) is 149 Å². The second kappa shape index (κ2) is 11.8. The number of hydrogen-bond donors (Lipinski definition) is 4. The Morgan fingerprint density at radius 1 is 0.621 bits per heavy atom. The Bertz CT molecular complexity index is 536. The first-order chi connectivity index (χ1) is 12.8. The van der Waals surface area contributed by atoms with E-state index in [4.69, 9.17) is 10.2 Å². The second-order valence-electron chi connectivity index (χ2n) is 9.90. The number of carbonyl (C=O) groups is 4. The Balaban J connectivity index is 0. The van der Waals surface area contributed by atoms with Crippen molar-refractivity contribution < 1.29 is 39.6 Å². The van der Waals surface area contributed by atoms with Gasteiger partial charge in [-0.05, 0) is 30.1 Å². The molecule has 0 aliphatic carbocycles. The monoisotopic (exact) mass is 418 g/mol. The molecular weight excluding hydrogens is 380 g/mol. The summed E-state index contributed by atoms with van der Waals surface area (Å²) in [5.41, 5.74) is -0.400. The summed E-state index contributed by atoms with van der Waals surface area (Å²) in [6, 6.07) is 0. The second-order valence-corrected chi connectivity index (χ2v) is 9.90. The first-order valence-corrected chi connectivity index (χ1v) is 9.75. The van der Waals surface area contributed by atoms with Crippen LogP contribution in [0, 0.1) is 34.5 Å². The van der Waals surface area contributed by atoms with Crippen molar-refractivity contribution in [3.63, 3.8) is 0 Å². The van der Waals surface area contributed by atoms with Gasteiger partial charge < -0.3 is 20.4 Å². The Morgan fingerprint density at radius 3 is 1.00 bits per heavy atom. The molecule has 4 unspecified atom stereocenters. The lowest BCUT2D eigenvalue weighted by atomic mass is 9.73. The highest BCUT2D eigenvalue weighted by molar-refractivity contribution is 5.80. The fraction of sp³-hybridized carbons (Fsp3) is 0.810. The molecule has 0 radical (unpaired) electrons. The Hall–Kier alpha value is -2.12. The normalized spacial score (nSPS) is 15.9. The molecule has 0 heterocycles. The van der Waals surface area contributed by atoms with Gasteiger partial charge in [0, 0.05) is 0 Å². The van der Waals surface area contributed by atoms with Crippen LogP contribution in [0.2, 0.25) is 0 Å². The highest BCUT2D eigenvalue weighted by Crippen LogP contribution is 2.35. The summed E-state index contributed by atoms with van der Waals surface area (Å²) in [6.45, 7) is 14.6. The molecule has 0 aliphatic heterocycles. The lowest BCUT2D eigenvalue weighted by Crippen LogP contribution is -2.35. The van der Waals surface area contributed by atoms with Gasteiger partial charge in [-0.1, -0.05) is 55.4 Å². The predicted octanol–water partition coefficient (Wildman–Crippen LogP) is 4.08. The van der Waals surface area contributed by atoms with Crippen molar-refractivity contribution in [2.24, 2.45) is 34.5 Å². The summed E-state index contributed by atoms with van der Waals surface area (Å²) in [6.07, 6.45) is 1.09. The minimum atomic E-state index is -1.06. The molecule has 0 aromatic heterocycles. The van der Waals surface area contributed by atoms with Crippen molar-refractivity contribution >= 4 is 23.9 Å². The molecule has 0 aromatic rings. The van der Waals surface area contributed by atoms with E-state index in [2.05, 4.69) is 0 Å². The highest BCUT2D eigenvalue weighted by atomic mass is 16.4. The summed E-state index contributed by atoms with van der Waals surface area (Å²) in [5.74, 6) is -7.36. The Labute approximate surface area is 173 Å². The quantitative estimate of drug-likeness (QED) is 0.437. The van der Waals surface area contributed by atoms with Crippen LogP contribution in [0.15, 0.2) is 0 Å². The van der Waals surface area contributed by atoms with Gasteiger partial charge in [0.05, 0.1) is 23.7 Å². The molecule has 0 amide bonds. The van der Waals surface area contributed by atoms with Gasteiger partial charge in [0.15, 0.2) is 0 Å². The molecule has 4 N–H and O–H groups in total. The number of carboxylic acids is 4. The van der Waals surface area contributed by atoms with Crippen molar-refractivity contribution in [1.29, 1.82) is 0 Å². The van der Waals surface area contributed by atoms with Gasteiger partial charge in [0.25, 0.3) is 0 Å². The third-order valence-electron chi connectivity index (χ3n) is 4.53. The Kier molecular flexibility index (Phi) is 11.8. The van der Waals surface area contributed by atoms with Gasteiger partial charge in [0.2, 0.25) is 0 Å². The minimum absolute atomic E-state index is 0.200. The fourth-order valence-electron chi connectivity index (χ4n) is 3.04. The zero-order valence-corrected chi connectivity index (χ0v) is 18.9. The number of rotatable bonds is 9. The smallest absolute Gasteiger partial charge is 0.307 e. The number of carboxylic acid groups (broad SMARTS) is 4. The average molecular weight is 419 g/mol. The van der Waals surface area contributed by atoms with E-state index in [0.29, 0.717) is 19.3 Å². The maximum atomic E-state index is 11.3. The van der Waals surface area contributed by atoms with E-state index < -0.39 is 47.5 Å². The molecule has 0 aliphatic rings. The largest absolute Gasteiger partial charge is 0.481 e. The molecule has 0 bridgehead atoms. The zero-order chi connectivity index (χ0) is 23.7. The van der Waals surface area contributed by atoms with Crippen molar-refractivity contribution in [2.45, 2.75) is 74.7 Å². The molecule has 8 heteroatoms. The standard InChI is InChI=1S/C14H26O4.C7H12O4/c1-13(2,3)7-9(11(15)16)10(12(17)18)8-14(4,5)6;1-3-5(7(10)11)4(2)6(8)9/h9-10H,7-8H2,1-6H3,(H,15,16)(H,17,18);4-5H,3H2,1-2H3,(H,8,9)(H,10,11). The van der Waals surface area contributed by atoms with E-state index >= 15 is 0 Å². The van der Waals surface area contributed by atoms with Crippen LogP contribution in [0.4, 0.5) is 0 Å². The van der Waals surface area contributed by atoms with Crippen LogP contribution in [0.5, 0.6) is 0 Å². The van der Waals surface area contributed by atoms with E-state index in [1.165, 1.54) is 6.92 Å². The van der Waals surface area contributed by atoms with Crippen LogP contribution in [-0.2, 0) is 19.2 Å². The van der Waals surface area contributed by atoms with E-state index in [1.54, 1.807) is 6.92 Å². The highest BCUT2D eigenvalue weighted by Gasteiger charge is 2.38. The first-order valence-electron chi connectivity index (χ1n) is 9.75. The summed E-state index contributed by atoms with van der Waals surface area (Å²) < 4.78 is 0. The summed E-state index contributed by atoms with van der Waals surface area (Å²) in [4.78, 5) is 43.4. The van der Waals surface area contributed by atoms with Crippen LogP contribution < -0.4 is 0 Å². The number of hydrogen-bond acceptors (Lipinski definition) is 4. The van der Waals surface area contributed by atoms with Crippen LogP contribution >= 0.6 is 0 Å². The molecule has 0 saturated heterocycles. The molecule has 0 spiro atoms. The third kappa shape index (κ3) is 12.9. The SMILES string of the molecule is CC(C)(C)CC(C(=O)O)C(CC(C)(C)C)C(=O)O.CCC(C(=O)O)C(C)C(=O)O. The lowest BCUT2D eigenvalue weighted by Gasteiger charge is -2.31. The van der Waals surface area contributed by atoms with Gasteiger partial charge in [-0.15, -0.1) is 0 Å². The van der Waals surface area contributed by atoms with E-state index in [1.807, 2.05) is 41.5 Å². The van der Waals surface area contributed by atoms with Gasteiger partial charge >= 0.3 is 23.9 Å².